The zero-order chi connectivity index (χ0) is 18.8. The minimum absolute atomic E-state index is 0.379. The summed E-state index contributed by atoms with van der Waals surface area (Å²) in [7, 11) is 1.54. The Morgan fingerprint density at radius 2 is 1.77 bits per heavy atom. The number of nitrogens with one attached hydrogen (secondary N) is 1. The van der Waals surface area contributed by atoms with Gasteiger partial charge < -0.3 is 14.8 Å². The van der Waals surface area contributed by atoms with Gasteiger partial charge in [0.15, 0.2) is 16.8 Å². The van der Waals surface area contributed by atoms with E-state index in [1.165, 1.54) is 6.08 Å². The van der Waals surface area contributed by atoms with Gasteiger partial charge in [-0.25, -0.2) is 4.21 Å². The summed E-state index contributed by atoms with van der Waals surface area (Å²) in [6.45, 7) is 7.46. The highest BCUT2D eigenvalue weighted by molar-refractivity contribution is 9.10. The molecule has 134 valence electrons. The number of halogens is 1. The lowest BCUT2D eigenvalue weighted by molar-refractivity contribution is 0.394. The second kappa shape index (κ2) is 7.47. The van der Waals surface area contributed by atoms with E-state index < -0.39 is 11.0 Å². The van der Waals surface area contributed by atoms with Crippen molar-refractivity contribution in [2.24, 2.45) is 4.40 Å². The molecule has 1 aliphatic heterocycles. The average Bonchev–Trinajstić information content (AvgIpc) is 2.67. The van der Waals surface area contributed by atoms with Crippen LogP contribution in [-0.4, -0.2) is 24.3 Å². The molecule has 26 heavy (non-hydrogen) atoms. The smallest absolute Gasteiger partial charge is 0.176 e. The Kier molecular flexibility index (Phi) is 5.29. The number of hydrogen-bond acceptors (Lipinski definition) is 4. The summed E-state index contributed by atoms with van der Waals surface area (Å²) in [5, 5.41) is 4.98. The fourth-order valence-corrected chi connectivity index (χ4v) is 4.41. The van der Waals surface area contributed by atoms with Gasteiger partial charge in [0.05, 0.1) is 29.3 Å². The maximum absolute atomic E-state index is 12.5. The molecule has 2 aromatic carbocycles. The highest BCUT2D eigenvalue weighted by atomic mass is 79.9. The van der Waals surface area contributed by atoms with Crippen molar-refractivity contribution < 1.29 is 13.7 Å². The van der Waals surface area contributed by atoms with Crippen LogP contribution >= 0.6 is 15.9 Å². The van der Waals surface area contributed by atoms with Gasteiger partial charge in [0, 0.05) is 10.8 Å². The van der Waals surface area contributed by atoms with Crippen molar-refractivity contribution in [2.45, 2.75) is 0 Å². The SMILES string of the molecule is C=CC1=C(C=C)S(=O)N=C(c2c(OC)c(Br)c3ccccc3c2OC)N1. The molecule has 5 nitrogen and oxygen atoms in total. The van der Waals surface area contributed by atoms with E-state index in [1.54, 1.807) is 20.3 Å². The Morgan fingerprint density at radius 3 is 2.35 bits per heavy atom. The lowest BCUT2D eigenvalue weighted by Crippen LogP contribution is -2.29. The van der Waals surface area contributed by atoms with E-state index in [-0.39, 0.29) is 0 Å². The quantitative estimate of drug-likeness (QED) is 0.768. The van der Waals surface area contributed by atoms with Crippen LogP contribution in [0.2, 0.25) is 0 Å². The number of rotatable bonds is 5. The van der Waals surface area contributed by atoms with Crippen LogP contribution in [0.1, 0.15) is 5.56 Å². The van der Waals surface area contributed by atoms with E-state index in [2.05, 4.69) is 38.8 Å². The third kappa shape index (κ3) is 2.87. The molecule has 1 aliphatic rings. The Balaban J connectivity index is 2.34. The fraction of sp³-hybridized carbons (Fsp3) is 0.105. The number of benzene rings is 2. The molecule has 0 aromatic heterocycles. The van der Waals surface area contributed by atoms with Crippen molar-refractivity contribution >= 4 is 43.5 Å². The first kappa shape index (κ1) is 18.4. The molecule has 7 heteroatoms. The van der Waals surface area contributed by atoms with Gasteiger partial charge in [0.2, 0.25) is 0 Å². The van der Waals surface area contributed by atoms with Crippen molar-refractivity contribution in [3.63, 3.8) is 0 Å². The third-order valence-corrected chi connectivity index (χ3v) is 5.88. The molecule has 0 spiro atoms. The lowest BCUT2D eigenvalue weighted by Gasteiger charge is -2.23. The highest BCUT2D eigenvalue weighted by Gasteiger charge is 2.27. The fourth-order valence-electron chi connectivity index (χ4n) is 2.84. The number of nitrogens with zero attached hydrogens (tertiary/aromatic N) is 1. The topological polar surface area (TPSA) is 59.9 Å². The van der Waals surface area contributed by atoms with Gasteiger partial charge in [0.25, 0.3) is 0 Å². The molecule has 0 aliphatic carbocycles. The first-order valence-electron chi connectivity index (χ1n) is 7.66. The average molecular weight is 433 g/mol. The van der Waals surface area contributed by atoms with Gasteiger partial charge in [-0.05, 0) is 28.1 Å². The third-order valence-electron chi connectivity index (χ3n) is 3.98. The molecule has 1 atom stereocenters. The van der Waals surface area contributed by atoms with Gasteiger partial charge in [-0.1, -0.05) is 37.4 Å². The van der Waals surface area contributed by atoms with E-state index in [1.807, 2.05) is 24.3 Å². The molecular weight excluding hydrogens is 416 g/mol. The van der Waals surface area contributed by atoms with Crippen molar-refractivity contribution in [1.29, 1.82) is 0 Å². The molecule has 1 heterocycles. The first-order chi connectivity index (χ1) is 12.6. The van der Waals surface area contributed by atoms with Crippen LogP contribution in [0, 0.1) is 0 Å². The van der Waals surface area contributed by atoms with E-state index in [0.29, 0.717) is 33.5 Å². The van der Waals surface area contributed by atoms with Crippen LogP contribution in [0.15, 0.2) is 69.0 Å². The van der Waals surface area contributed by atoms with Crippen molar-refractivity contribution in [1.82, 2.24) is 5.32 Å². The Bertz CT molecular complexity index is 1010. The Hall–Kier alpha value is -2.38. The monoisotopic (exact) mass is 432 g/mol. The highest BCUT2D eigenvalue weighted by Crippen LogP contribution is 2.44. The van der Waals surface area contributed by atoms with Crippen LogP contribution < -0.4 is 14.8 Å². The largest absolute Gasteiger partial charge is 0.495 e. The van der Waals surface area contributed by atoms with E-state index in [0.717, 1.165) is 15.2 Å². The van der Waals surface area contributed by atoms with Crippen LogP contribution in [0.3, 0.4) is 0 Å². The second-order valence-electron chi connectivity index (χ2n) is 5.30. The number of amidine groups is 1. The minimum atomic E-state index is -1.61. The van der Waals surface area contributed by atoms with Crippen molar-refractivity contribution in [2.75, 3.05) is 14.2 Å². The van der Waals surface area contributed by atoms with Gasteiger partial charge in [-0.3, -0.25) is 0 Å². The molecule has 2 aromatic rings. The number of allylic oxidation sites excluding steroid dienone is 2. The summed E-state index contributed by atoms with van der Waals surface area (Å²) in [5.74, 6) is 1.49. The number of methoxy groups -OCH3 is 2. The second-order valence-corrected chi connectivity index (χ2v) is 7.21. The predicted molar refractivity (Wildman–Crippen MR) is 110 cm³/mol. The minimum Gasteiger partial charge on any atom is -0.495 e. The Morgan fingerprint density at radius 1 is 1.12 bits per heavy atom. The zero-order valence-corrected chi connectivity index (χ0v) is 16.7. The molecule has 0 bridgehead atoms. The summed E-state index contributed by atoms with van der Waals surface area (Å²) in [5.41, 5.74) is 1.16. The maximum atomic E-state index is 12.5. The zero-order valence-electron chi connectivity index (χ0n) is 14.3. The van der Waals surface area contributed by atoms with Gasteiger partial charge in [0.1, 0.15) is 17.1 Å². The summed E-state index contributed by atoms with van der Waals surface area (Å²) in [6, 6.07) is 7.77. The molecule has 1 N–H and O–H groups in total. The summed E-state index contributed by atoms with van der Waals surface area (Å²) in [6.07, 6.45) is 3.09. The normalized spacial score (nSPS) is 16.7. The van der Waals surface area contributed by atoms with Crippen molar-refractivity contribution in [3.8, 4) is 11.5 Å². The van der Waals surface area contributed by atoms with Gasteiger partial charge in [-0.15, -0.1) is 0 Å². The van der Waals surface area contributed by atoms with Crippen LogP contribution in [0.5, 0.6) is 11.5 Å². The van der Waals surface area contributed by atoms with Gasteiger partial charge >= 0.3 is 0 Å². The van der Waals surface area contributed by atoms with E-state index in [4.69, 9.17) is 9.47 Å². The first-order valence-corrected chi connectivity index (χ1v) is 9.56. The van der Waals surface area contributed by atoms with E-state index >= 15 is 0 Å². The molecule has 0 saturated heterocycles. The molecule has 0 saturated carbocycles. The van der Waals surface area contributed by atoms with Crippen LogP contribution in [0.25, 0.3) is 10.8 Å². The van der Waals surface area contributed by atoms with Crippen LogP contribution in [-0.2, 0) is 11.0 Å². The van der Waals surface area contributed by atoms with Crippen molar-refractivity contribution in [3.05, 3.63) is 70.2 Å². The predicted octanol–water partition coefficient (Wildman–Crippen LogP) is 4.22. The molecular formula is C19H17BrN2O3S. The Labute approximate surface area is 162 Å². The summed E-state index contributed by atoms with van der Waals surface area (Å²) >= 11 is 3.61. The molecule has 3 rings (SSSR count). The standard InChI is InChI=1S/C19H17BrN2O3S/c1-5-13-14(6-2)26(23)22-19(21-13)15-17(24-3)12-10-8-7-9-11(12)16(20)18(15)25-4/h5-10H,1-2H2,3-4H3,(H,21,22). The summed E-state index contributed by atoms with van der Waals surface area (Å²) in [4.78, 5) is 0.474. The van der Waals surface area contributed by atoms with Crippen LogP contribution in [0.4, 0.5) is 0 Å². The number of fused-ring (bicyclic) bond motifs is 1. The lowest BCUT2D eigenvalue weighted by atomic mass is 10.0. The number of ether oxygens (including phenoxy) is 2. The molecule has 0 fully saturated rings. The van der Waals surface area contributed by atoms with Gasteiger partial charge in [-0.2, -0.15) is 4.40 Å². The number of hydrogen-bond donors (Lipinski definition) is 1. The summed E-state index contributed by atoms with van der Waals surface area (Å²) < 4.78 is 28.9. The molecule has 0 radical (unpaired) electrons. The molecule has 0 amide bonds. The van der Waals surface area contributed by atoms with E-state index in [9.17, 15) is 4.21 Å². The molecule has 1 unspecified atom stereocenters. The maximum Gasteiger partial charge on any atom is 0.176 e.